The van der Waals surface area contributed by atoms with Crippen LogP contribution in [0.1, 0.15) is 25.3 Å². The lowest BCUT2D eigenvalue weighted by Crippen LogP contribution is -2.05. The number of nitrogens with one attached hydrogen (secondary N) is 1. The number of allylic oxidation sites excluding steroid dienone is 4. The van der Waals surface area contributed by atoms with E-state index in [4.69, 9.17) is 4.74 Å². The van der Waals surface area contributed by atoms with Crippen molar-refractivity contribution in [2.24, 2.45) is 0 Å². The van der Waals surface area contributed by atoms with Crippen LogP contribution >= 0.6 is 0 Å². The molecule has 1 aliphatic carbocycles. The lowest BCUT2D eigenvalue weighted by atomic mass is 10.1. The summed E-state index contributed by atoms with van der Waals surface area (Å²) in [6.45, 7) is 2.19. The van der Waals surface area contributed by atoms with E-state index in [1.165, 1.54) is 24.5 Å². The second-order valence-electron chi connectivity index (χ2n) is 4.99. The van der Waals surface area contributed by atoms with Crippen LogP contribution in [0.15, 0.2) is 60.0 Å². The minimum Gasteiger partial charge on any atom is -0.497 e. The van der Waals surface area contributed by atoms with Gasteiger partial charge in [-0.05, 0) is 42.7 Å². The average molecular weight is 283 g/mol. The van der Waals surface area contributed by atoms with Gasteiger partial charge in [0.25, 0.3) is 0 Å². The van der Waals surface area contributed by atoms with Crippen LogP contribution in [0.4, 0.5) is 5.69 Å². The SMILES string of the molecule is CCCCc1ccc(N/C=C2\C=CC(OC)=CC2=O)cc1. The Morgan fingerprint density at radius 2 is 1.95 bits per heavy atom. The van der Waals surface area contributed by atoms with Gasteiger partial charge in [0.2, 0.25) is 0 Å². The Kier molecular flexibility index (Phi) is 5.38. The highest BCUT2D eigenvalue weighted by Crippen LogP contribution is 2.15. The summed E-state index contributed by atoms with van der Waals surface area (Å²) in [6.07, 6.45) is 10.3. The summed E-state index contributed by atoms with van der Waals surface area (Å²) in [4.78, 5) is 11.8. The highest BCUT2D eigenvalue weighted by Gasteiger charge is 2.10. The first-order chi connectivity index (χ1) is 10.2. The van der Waals surface area contributed by atoms with Crippen molar-refractivity contribution in [1.82, 2.24) is 0 Å². The molecule has 0 aliphatic heterocycles. The minimum atomic E-state index is -0.0542. The van der Waals surface area contributed by atoms with Gasteiger partial charge in [-0.25, -0.2) is 0 Å². The van der Waals surface area contributed by atoms with E-state index in [-0.39, 0.29) is 5.78 Å². The fourth-order valence-corrected chi connectivity index (χ4v) is 2.07. The largest absolute Gasteiger partial charge is 0.497 e. The van der Waals surface area contributed by atoms with E-state index >= 15 is 0 Å². The van der Waals surface area contributed by atoms with Crippen LogP contribution < -0.4 is 5.32 Å². The predicted octanol–water partition coefficient (Wildman–Crippen LogP) is 3.99. The van der Waals surface area contributed by atoms with Gasteiger partial charge in [-0.3, -0.25) is 4.79 Å². The van der Waals surface area contributed by atoms with Crippen molar-refractivity contribution in [1.29, 1.82) is 0 Å². The highest BCUT2D eigenvalue weighted by atomic mass is 16.5. The number of unbranched alkanes of at least 4 members (excludes halogenated alkanes) is 1. The van der Waals surface area contributed by atoms with Gasteiger partial charge in [0.05, 0.1) is 7.11 Å². The van der Waals surface area contributed by atoms with Gasteiger partial charge in [0, 0.05) is 23.5 Å². The van der Waals surface area contributed by atoms with E-state index in [9.17, 15) is 4.79 Å². The summed E-state index contributed by atoms with van der Waals surface area (Å²) in [5.41, 5.74) is 2.94. The number of carbonyl (C=O) groups excluding carboxylic acids is 1. The van der Waals surface area contributed by atoms with Crippen LogP contribution in [0, 0.1) is 0 Å². The maximum atomic E-state index is 11.8. The third kappa shape index (κ3) is 4.35. The molecule has 0 atom stereocenters. The highest BCUT2D eigenvalue weighted by molar-refractivity contribution is 6.08. The van der Waals surface area contributed by atoms with Gasteiger partial charge >= 0.3 is 0 Å². The van der Waals surface area contributed by atoms with Gasteiger partial charge in [-0.15, -0.1) is 0 Å². The molecule has 0 heterocycles. The number of ketones is 1. The quantitative estimate of drug-likeness (QED) is 0.802. The van der Waals surface area contributed by atoms with E-state index < -0.39 is 0 Å². The van der Waals surface area contributed by atoms with Crippen LogP contribution in [-0.2, 0) is 16.0 Å². The molecular weight excluding hydrogens is 262 g/mol. The molecule has 0 saturated heterocycles. The number of ether oxygens (including phenoxy) is 1. The normalized spacial score (nSPS) is 16.0. The van der Waals surface area contributed by atoms with Crippen LogP contribution in [0.25, 0.3) is 0 Å². The monoisotopic (exact) mass is 283 g/mol. The molecule has 1 aromatic rings. The number of carbonyl (C=O) groups is 1. The van der Waals surface area contributed by atoms with Crippen LogP contribution in [-0.4, -0.2) is 12.9 Å². The van der Waals surface area contributed by atoms with Crippen molar-refractivity contribution in [3.63, 3.8) is 0 Å². The van der Waals surface area contributed by atoms with Crippen molar-refractivity contribution >= 4 is 11.5 Å². The van der Waals surface area contributed by atoms with Crippen molar-refractivity contribution in [2.75, 3.05) is 12.4 Å². The standard InChI is InChI=1S/C18H21NO2/c1-3-4-5-14-6-9-16(10-7-14)19-13-15-8-11-17(21-2)12-18(15)20/h6-13,19H,3-5H2,1-2H3/b15-13+. The summed E-state index contributed by atoms with van der Waals surface area (Å²) in [7, 11) is 1.55. The molecular formula is C18H21NO2. The zero-order chi connectivity index (χ0) is 15.1. The van der Waals surface area contributed by atoms with Crippen molar-refractivity contribution in [2.45, 2.75) is 26.2 Å². The average Bonchev–Trinajstić information content (AvgIpc) is 2.52. The first kappa shape index (κ1) is 15.1. The fourth-order valence-electron chi connectivity index (χ4n) is 2.07. The molecule has 0 amide bonds. The molecule has 2 rings (SSSR count). The molecule has 0 fully saturated rings. The number of methoxy groups -OCH3 is 1. The predicted molar refractivity (Wildman–Crippen MR) is 86.0 cm³/mol. The number of hydrogen-bond donors (Lipinski definition) is 1. The Morgan fingerprint density at radius 1 is 1.19 bits per heavy atom. The van der Waals surface area contributed by atoms with Gasteiger partial charge in [-0.1, -0.05) is 25.5 Å². The topological polar surface area (TPSA) is 38.3 Å². The molecule has 3 nitrogen and oxygen atoms in total. The Labute approximate surface area is 126 Å². The summed E-state index contributed by atoms with van der Waals surface area (Å²) in [5.74, 6) is 0.527. The number of rotatable bonds is 6. The van der Waals surface area contributed by atoms with E-state index in [0.717, 1.165) is 12.1 Å². The van der Waals surface area contributed by atoms with Gasteiger partial charge in [0.15, 0.2) is 5.78 Å². The summed E-state index contributed by atoms with van der Waals surface area (Å²) >= 11 is 0. The molecule has 1 N–H and O–H groups in total. The maximum absolute atomic E-state index is 11.8. The summed E-state index contributed by atoms with van der Waals surface area (Å²) in [6, 6.07) is 8.32. The van der Waals surface area contributed by atoms with E-state index in [0.29, 0.717) is 11.3 Å². The van der Waals surface area contributed by atoms with Gasteiger partial charge in [0.1, 0.15) is 5.76 Å². The Hall–Kier alpha value is -2.29. The molecule has 1 aromatic carbocycles. The molecule has 0 spiro atoms. The third-order valence-electron chi connectivity index (χ3n) is 3.39. The molecule has 0 unspecified atom stereocenters. The lowest BCUT2D eigenvalue weighted by molar-refractivity contribution is -0.111. The molecule has 110 valence electrons. The first-order valence-corrected chi connectivity index (χ1v) is 7.26. The third-order valence-corrected chi connectivity index (χ3v) is 3.39. The number of benzene rings is 1. The lowest BCUT2D eigenvalue weighted by Gasteiger charge is -2.08. The molecule has 1 aliphatic rings. The summed E-state index contributed by atoms with van der Waals surface area (Å²) in [5, 5.41) is 3.16. The zero-order valence-electron chi connectivity index (χ0n) is 12.6. The Morgan fingerprint density at radius 3 is 2.57 bits per heavy atom. The second kappa shape index (κ2) is 7.48. The van der Waals surface area contributed by atoms with Gasteiger partial charge in [-0.2, -0.15) is 0 Å². The zero-order valence-corrected chi connectivity index (χ0v) is 12.6. The summed E-state index contributed by atoms with van der Waals surface area (Å²) < 4.78 is 5.02. The number of anilines is 1. The molecule has 3 heteroatoms. The van der Waals surface area contributed by atoms with Crippen molar-refractivity contribution in [3.05, 3.63) is 65.6 Å². The number of hydrogen-bond acceptors (Lipinski definition) is 3. The minimum absolute atomic E-state index is 0.0542. The van der Waals surface area contributed by atoms with E-state index in [1.54, 1.807) is 25.5 Å². The second-order valence-corrected chi connectivity index (χ2v) is 4.99. The number of aryl methyl sites for hydroxylation is 1. The van der Waals surface area contributed by atoms with Gasteiger partial charge < -0.3 is 10.1 Å². The first-order valence-electron chi connectivity index (χ1n) is 7.26. The molecule has 0 radical (unpaired) electrons. The van der Waals surface area contributed by atoms with Crippen molar-refractivity contribution < 1.29 is 9.53 Å². The Bertz CT molecular complexity index is 580. The van der Waals surface area contributed by atoms with Crippen LogP contribution in [0.5, 0.6) is 0 Å². The molecule has 0 bridgehead atoms. The van der Waals surface area contributed by atoms with Crippen LogP contribution in [0.3, 0.4) is 0 Å². The molecule has 0 saturated carbocycles. The van der Waals surface area contributed by atoms with Crippen LogP contribution in [0.2, 0.25) is 0 Å². The van der Waals surface area contributed by atoms with E-state index in [1.807, 2.05) is 12.1 Å². The fraction of sp³-hybridized carbons (Fsp3) is 0.278. The Balaban J connectivity index is 1.97. The molecule has 21 heavy (non-hydrogen) atoms. The van der Waals surface area contributed by atoms with E-state index in [2.05, 4.69) is 24.4 Å². The molecule has 0 aromatic heterocycles. The smallest absolute Gasteiger partial charge is 0.190 e. The van der Waals surface area contributed by atoms with Crippen molar-refractivity contribution in [3.8, 4) is 0 Å². The maximum Gasteiger partial charge on any atom is 0.190 e.